The summed E-state index contributed by atoms with van der Waals surface area (Å²) in [5.41, 5.74) is 10.7. The van der Waals surface area contributed by atoms with Crippen molar-refractivity contribution in [3.05, 3.63) is 23.0 Å². The van der Waals surface area contributed by atoms with Gasteiger partial charge in [-0.05, 0) is 27.7 Å². The van der Waals surface area contributed by atoms with Crippen LogP contribution in [0.1, 0.15) is 33.9 Å². The highest BCUT2D eigenvalue weighted by atomic mass is 32.2. The van der Waals surface area contributed by atoms with Crippen LogP contribution >= 0.6 is 19.4 Å². The first-order valence-corrected chi connectivity index (χ1v) is 18.8. The summed E-state index contributed by atoms with van der Waals surface area (Å²) in [6.45, 7) is 8.10. The molecule has 3 aromatic heterocycles. The van der Waals surface area contributed by atoms with Gasteiger partial charge in [0.25, 0.3) is 11.5 Å². The number of ether oxygens (including phenoxy) is 1. The fourth-order valence-corrected chi connectivity index (χ4v) is 8.44. The predicted molar refractivity (Wildman–Crippen MR) is 187 cm³/mol. The van der Waals surface area contributed by atoms with Gasteiger partial charge in [0.2, 0.25) is 5.95 Å². The minimum Gasteiger partial charge on any atom is -0.387 e. The molecule has 50 heavy (non-hydrogen) atoms. The van der Waals surface area contributed by atoms with E-state index in [1.165, 1.54) is 29.0 Å². The number of H-pyrrole nitrogens is 1. The molecule has 2 aliphatic heterocycles. The third-order valence-corrected chi connectivity index (χ3v) is 11.0. The number of amides is 1. The zero-order valence-corrected chi connectivity index (χ0v) is 29.8. The highest BCUT2D eigenvalue weighted by molar-refractivity contribution is 7.99. The van der Waals surface area contributed by atoms with E-state index in [4.69, 9.17) is 25.3 Å². The van der Waals surface area contributed by atoms with Crippen molar-refractivity contribution in [3.8, 4) is 0 Å². The van der Waals surface area contributed by atoms with Crippen LogP contribution in [0.5, 0.6) is 0 Å². The van der Waals surface area contributed by atoms with Gasteiger partial charge in [-0.3, -0.25) is 28.6 Å². The molecule has 0 bridgehead atoms. The molecule has 5 rings (SSSR count). The molecule has 0 saturated carbocycles. The minimum atomic E-state index is -3.49. The highest BCUT2D eigenvalue weighted by Gasteiger charge is 2.44. The second kappa shape index (κ2) is 15.7. The molecule has 1 fully saturated rings. The van der Waals surface area contributed by atoms with E-state index in [0.717, 1.165) is 0 Å². The molecule has 20 nitrogen and oxygen atoms in total. The van der Waals surface area contributed by atoms with Crippen molar-refractivity contribution in [2.24, 2.45) is 4.99 Å². The molecule has 1 saturated heterocycles. The van der Waals surface area contributed by atoms with Crippen molar-refractivity contribution in [1.82, 2.24) is 39.7 Å². The van der Waals surface area contributed by atoms with Crippen LogP contribution in [0.15, 0.2) is 22.4 Å². The average Bonchev–Trinajstić information content (AvgIpc) is 3.59. The third kappa shape index (κ3) is 8.26. The van der Waals surface area contributed by atoms with Crippen molar-refractivity contribution in [2.45, 2.75) is 57.8 Å². The molecule has 0 aromatic carbocycles. The predicted octanol–water partition coefficient (Wildman–Crippen LogP) is 0.0450. The number of imidazole rings is 1. The van der Waals surface area contributed by atoms with Crippen molar-refractivity contribution < 1.29 is 33.4 Å². The zero-order chi connectivity index (χ0) is 36.2. The van der Waals surface area contributed by atoms with Crippen LogP contribution in [-0.2, 0) is 23.1 Å². The lowest BCUT2D eigenvalue weighted by Gasteiger charge is -2.32. The largest absolute Gasteiger partial charge is 0.387 e. The van der Waals surface area contributed by atoms with Gasteiger partial charge in [0.1, 0.15) is 36.0 Å². The minimum absolute atomic E-state index is 0.0308. The van der Waals surface area contributed by atoms with E-state index in [0.29, 0.717) is 29.2 Å². The Morgan fingerprint density at radius 1 is 1.18 bits per heavy atom. The number of hydrogen-bond acceptors (Lipinski definition) is 18. The summed E-state index contributed by atoms with van der Waals surface area (Å²) < 4.78 is 32.0. The van der Waals surface area contributed by atoms with Crippen LogP contribution in [0.2, 0.25) is 0 Å². The number of carbonyl (C=O) groups excluding carboxylic acids is 1. The number of thioether (sulfide) groups is 1. The second-order valence-corrected chi connectivity index (χ2v) is 15.2. The van der Waals surface area contributed by atoms with E-state index in [1.807, 2.05) is 4.90 Å². The van der Waals surface area contributed by atoms with Crippen LogP contribution in [0.4, 0.5) is 23.3 Å². The number of aliphatic imine (C=N–C) groups is 1. The highest BCUT2D eigenvalue weighted by Crippen LogP contribution is 2.48. The molecule has 1 amide bonds. The maximum atomic E-state index is 13.4. The van der Waals surface area contributed by atoms with Crippen molar-refractivity contribution in [1.29, 1.82) is 0 Å². The standard InChI is InChI=1S/C28H43N12O8PS/c1-5-46-49(45,47-6-2)14-39(8-7-31-25(44)20-28(3,4)38-22-17(35-20)24(43)37-27(30)36-22)9-10-50-11-15-18(41)19(42)26(48-15)40-13-34-16-21(29)32-12-33-23(16)40/h12-13,15,18-19,26,41-42H,5-11,14H2,1-4H3,(H,31,44)(H2,29,32,33)(H4,30,36,37,38,43)/t15-,18-,19-,26-/m1/s1. The van der Waals surface area contributed by atoms with E-state index in [1.54, 1.807) is 27.7 Å². The van der Waals surface area contributed by atoms with Crippen molar-refractivity contribution in [2.75, 3.05) is 67.4 Å². The van der Waals surface area contributed by atoms with Crippen molar-refractivity contribution >= 4 is 65.4 Å². The van der Waals surface area contributed by atoms with Gasteiger partial charge in [-0.2, -0.15) is 16.7 Å². The molecule has 9 N–H and O–H groups in total. The molecular weight excluding hydrogens is 695 g/mol. The Morgan fingerprint density at radius 2 is 1.92 bits per heavy atom. The number of nitrogens with two attached hydrogens (primary N) is 2. The van der Waals surface area contributed by atoms with E-state index in [9.17, 15) is 24.4 Å². The summed E-state index contributed by atoms with van der Waals surface area (Å²) in [7, 11) is -3.49. The first kappa shape index (κ1) is 37.6. The SMILES string of the molecule is CCOP(=O)(CN(CCNC(=O)C1=Nc2c(nc(N)[nH]c2=O)NC1(C)C)CCSC[C@H]1O[C@@H](n2cnc3c(N)ncnc32)[C@H](O)[C@@H]1O)OCC. The lowest BCUT2D eigenvalue weighted by molar-refractivity contribution is -0.115. The first-order chi connectivity index (χ1) is 23.8. The number of aliphatic hydroxyl groups excluding tert-OH is 2. The summed E-state index contributed by atoms with van der Waals surface area (Å²) >= 11 is 1.46. The Labute approximate surface area is 291 Å². The number of nitrogen functional groups attached to an aromatic ring is 2. The van der Waals surface area contributed by atoms with Gasteiger partial charge in [-0.1, -0.05) is 0 Å². The summed E-state index contributed by atoms with van der Waals surface area (Å²) in [4.78, 5) is 50.7. The Bertz CT molecular complexity index is 1810. The van der Waals surface area contributed by atoms with Gasteiger partial charge in [0, 0.05) is 31.1 Å². The second-order valence-electron chi connectivity index (χ2n) is 12.0. The number of anilines is 3. The zero-order valence-electron chi connectivity index (χ0n) is 28.1. The molecule has 0 radical (unpaired) electrons. The number of aromatic amines is 1. The monoisotopic (exact) mass is 738 g/mol. The summed E-state index contributed by atoms with van der Waals surface area (Å²) in [5.74, 6) is 0.627. The molecule has 2 aliphatic rings. The number of fused-ring (bicyclic) bond motifs is 2. The van der Waals surface area contributed by atoms with Crippen LogP contribution in [-0.4, -0.2) is 131 Å². The summed E-state index contributed by atoms with van der Waals surface area (Å²) in [6.07, 6.45) is -1.38. The van der Waals surface area contributed by atoms with E-state index in [-0.39, 0.29) is 61.6 Å². The quantitative estimate of drug-likeness (QED) is 0.0754. The number of carbonyl (C=O) groups is 1. The van der Waals surface area contributed by atoms with E-state index in [2.05, 4.69) is 40.5 Å². The normalized spacial score (nSPS) is 21.6. The molecule has 0 aliphatic carbocycles. The van der Waals surface area contributed by atoms with Gasteiger partial charge < -0.3 is 46.1 Å². The van der Waals surface area contributed by atoms with E-state index < -0.39 is 49.1 Å². The Kier molecular flexibility index (Phi) is 11.8. The Hall–Kier alpha value is -3.69. The van der Waals surface area contributed by atoms with E-state index >= 15 is 0 Å². The number of aromatic nitrogens is 6. The molecule has 4 atom stereocenters. The number of nitrogens with one attached hydrogen (secondary N) is 3. The summed E-state index contributed by atoms with van der Waals surface area (Å²) in [5, 5.41) is 27.5. The fraction of sp³-hybridized carbons (Fsp3) is 0.607. The molecule has 274 valence electrons. The van der Waals surface area contributed by atoms with Crippen LogP contribution < -0.4 is 27.7 Å². The lowest BCUT2D eigenvalue weighted by Crippen LogP contribution is -2.51. The average molecular weight is 739 g/mol. The Morgan fingerprint density at radius 3 is 2.64 bits per heavy atom. The number of hydrogen-bond donors (Lipinski definition) is 7. The first-order valence-electron chi connectivity index (χ1n) is 15.9. The maximum Gasteiger partial charge on any atom is 0.344 e. The number of aliphatic hydroxyl groups is 2. The molecular formula is C28H43N12O8PS. The van der Waals surface area contributed by atoms with Gasteiger partial charge in [-0.25, -0.2) is 19.9 Å². The van der Waals surface area contributed by atoms with Gasteiger partial charge in [-0.15, -0.1) is 0 Å². The maximum absolute atomic E-state index is 13.4. The lowest BCUT2D eigenvalue weighted by atomic mass is 9.95. The van der Waals surface area contributed by atoms with Crippen LogP contribution in [0.25, 0.3) is 11.2 Å². The summed E-state index contributed by atoms with van der Waals surface area (Å²) in [6, 6.07) is 0. The molecule has 22 heteroatoms. The number of rotatable bonds is 16. The smallest absolute Gasteiger partial charge is 0.344 e. The molecule has 5 heterocycles. The Balaban J connectivity index is 1.20. The molecule has 0 spiro atoms. The van der Waals surface area contributed by atoms with Gasteiger partial charge in [0.15, 0.2) is 29.2 Å². The molecule has 3 aromatic rings. The van der Waals surface area contributed by atoms with Crippen molar-refractivity contribution in [3.63, 3.8) is 0 Å². The van der Waals surface area contributed by atoms with Crippen LogP contribution in [0.3, 0.4) is 0 Å². The van der Waals surface area contributed by atoms with Gasteiger partial charge >= 0.3 is 7.60 Å². The third-order valence-electron chi connectivity index (χ3n) is 7.95. The van der Waals surface area contributed by atoms with Crippen LogP contribution in [0, 0.1) is 0 Å². The topological polar surface area (TPSA) is 283 Å². The number of nitrogens with zero attached hydrogens (tertiary/aromatic N) is 7. The van der Waals surface area contributed by atoms with Gasteiger partial charge in [0.05, 0.1) is 31.2 Å². The molecule has 0 unspecified atom stereocenters. The fourth-order valence-electron chi connectivity index (χ4n) is 5.58.